The molecule has 2 rings (SSSR count). The minimum Gasteiger partial charge on any atom is -0.444 e. The second-order valence-electron chi connectivity index (χ2n) is 7.23. The number of rotatable bonds is 1. The van der Waals surface area contributed by atoms with Gasteiger partial charge in [0.25, 0.3) is 0 Å². The molecule has 2 heterocycles. The highest BCUT2D eigenvalue weighted by Crippen LogP contribution is 2.31. The molecule has 0 aromatic heterocycles. The predicted molar refractivity (Wildman–Crippen MR) is 80.0 cm³/mol. The van der Waals surface area contributed by atoms with Crippen molar-refractivity contribution in [3.8, 4) is 0 Å². The first-order chi connectivity index (χ1) is 9.69. The molecule has 0 saturated carbocycles. The normalized spacial score (nSPS) is 25.0. The topological polar surface area (TPSA) is 70.7 Å². The van der Waals surface area contributed by atoms with Gasteiger partial charge in [-0.3, -0.25) is 4.79 Å². The molecular formula is C15H27N3O3. The summed E-state index contributed by atoms with van der Waals surface area (Å²) in [6.45, 7) is 9.41. The molecule has 6 nitrogen and oxygen atoms in total. The van der Waals surface area contributed by atoms with Crippen molar-refractivity contribution >= 4 is 12.0 Å². The van der Waals surface area contributed by atoms with Gasteiger partial charge >= 0.3 is 6.09 Å². The summed E-state index contributed by atoms with van der Waals surface area (Å²) in [5, 5.41) is 6.51. The van der Waals surface area contributed by atoms with Crippen molar-refractivity contribution in [2.45, 2.75) is 64.1 Å². The molecule has 0 bridgehead atoms. The van der Waals surface area contributed by atoms with E-state index in [-0.39, 0.29) is 23.6 Å². The molecule has 120 valence electrons. The number of nitrogens with zero attached hydrogens (tertiary/aromatic N) is 1. The van der Waals surface area contributed by atoms with Crippen LogP contribution < -0.4 is 10.6 Å². The molecule has 0 aromatic carbocycles. The first-order valence-corrected chi connectivity index (χ1v) is 7.69. The van der Waals surface area contributed by atoms with Gasteiger partial charge in [-0.1, -0.05) is 0 Å². The van der Waals surface area contributed by atoms with Gasteiger partial charge in [0, 0.05) is 38.1 Å². The minimum atomic E-state index is -0.450. The number of carbonyl (C=O) groups is 2. The van der Waals surface area contributed by atoms with Crippen molar-refractivity contribution in [3.63, 3.8) is 0 Å². The Balaban J connectivity index is 1.83. The molecule has 0 aliphatic carbocycles. The van der Waals surface area contributed by atoms with E-state index in [1.165, 1.54) is 0 Å². The van der Waals surface area contributed by atoms with Crippen molar-refractivity contribution in [2.24, 2.45) is 0 Å². The van der Waals surface area contributed by atoms with E-state index < -0.39 is 5.60 Å². The lowest BCUT2D eigenvalue weighted by Gasteiger charge is -2.39. The third kappa shape index (κ3) is 4.33. The van der Waals surface area contributed by atoms with E-state index in [2.05, 4.69) is 10.6 Å². The lowest BCUT2D eigenvalue weighted by molar-refractivity contribution is -0.119. The van der Waals surface area contributed by atoms with Crippen LogP contribution in [0, 0.1) is 0 Å². The standard InChI is InChI=1S/C15H27N3O3/c1-11(19)17-12-9-15(16-10-12)5-7-18(8-6-15)13(20)21-14(2,3)4/h12,16H,5-10H2,1-4H3,(H,17,19)/t12-/m1/s1. The molecule has 21 heavy (non-hydrogen) atoms. The van der Waals surface area contributed by atoms with Crippen LogP contribution in [0.4, 0.5) is 4.79 Å². The van der Waals surface area contributed by atoms with Crippen molar-refractivity contribution in [1.29, 1.82) is 0 Å². The first kappa shape index (κ1) is 16.1. The summed E-state index contributed by atoms with van der Waals surface area (Å²) in [4.78, 5) is 25.0. The molecule has 0 unspecified atom stereocenters. The van der Waals surface area contributed by atoms with Crippen LogP contribution in [0.15, 0.2) is 0 Å². The van der Waals surface area contributed by atoms with Gasteiger partial charge in [-0.15, -0.1) is 0 Å². The van der Waals surface area contributed by atoms with E-state index >= 15 is 0 Å². The maximum atomic E-state index is 12.1. The fraction of sp³-hybridized carbons (Fsp3) is 0.867. The third-order valence-corrected chi connectivity index (χ3v) is 4.14. The fourth-order valence-electron chi connectivity index (χ4n) is 3.17. The average molecular weight is 297 g/mol. The molecule has 2 aliphatic rings. The van der Waals surface area contributed by atoms with Crippen LogP contribution in [-0.2, 0) is 9.53 Å². The van der Waals surface area contributed by atoms with E-state index in [9.17, 15) is 9.59 Å². The Hall–Kier alpha value is -1.30. The predicted octanol–water partition coefficient (Wildman–Crippen LogP) is 1.25. The Morgan fingerprint density at radius 1 is 1.29 bits per heavy atom. The quantitative estimate of drug-likeness (QED) is 0.764. The minimum absolute atomic E-state index is 0.0186. The van der Waals surface area contributed by atoms with Crippen molar-refractivity contribution < 1.29 is 14.3 Å². The number of carbonyl (C=O) groups excluding carboxylic acids is 2. The zero-order chi connectivity index (χ0) is 15.7. The first-order valence-electron chi connectivity index (χ1n) is 7.69. The molecule has 0 aromatic rings. The SMILES string of the molecule is CC(=O)N[C@H]1CNC2(CCN(C(=O)OC(C)(C)C)CC2)C1. The van der Waals surface area contributed by atoms with E-state index in [0.29, 0.717) is 13.1 Å². The maximum absolute atomic E-state index is 12.1. The van der Waals surface area contributed by atoms with Crippen LogP contribution in [0.5, 0.6) is 0 Å². The highest BCUT2D eigenvalue weighted by atomic mass is 16.6. The Bertz CT molecular complexity index is 409. The number of nitrogens with one attached hydrogen (secondary N) is 2. The number of amides is 2. The summed E-state index contributed by atoms with van der Waals surface area (Å²) < 4.78 is 5.41. The summed E-state index contributed by atoms with van der Waals surface area (Å²) in [6.07, 6.45) is 2.52. The van der Waals surface area contributed by atoms with Crippen LogP contribution in [0.1, 0.15) is 47.0 Å². The Morgan fingerprint density at radius 2 is 1.90 bits per heavy atom. The summed E-state index contributed by atoms with van der Waals surface area (Å²) in [5.41, 5.74) is -0.389. The monoisotopic (exact) mass is 297 g/mol. The lowest BCUT2D eigenvalue weighted by atomic mass is 9.85. The summed E-state index contributed by atoms with van der Waals surface area (Å²) in [6, 6.07) is 0.204. The zero-order valence-corrected chi connectivity index (χ0v) is 13.5. The molecule has 0 radical (unpaired) electrons. The van der Waals surface area contributed by atoms with Crippen LogP contribution >= 0.6 is 0 Å². The van der Waals surface area contributed by atoms with Crippen LogP contribution in [0.2, 0.25) is 0 Å². The number of hydrogen-bond acceptors (Lipinski definition) is 4. The molecule has 2 N–H and O–H groups in total. The molecular weight excluding hydrogens is 270 g/mol. The van der Waals surface area contributed by atoms with Crippen LogP contribution in [-0.4, -0.2) is 53.7 Å². The second-order valence-corrected chi connectivity index (χ2v) is 7.23. The highest BCUT2D eigenvalue weighted by molar-refractivity contribution is 5.73. The maximum Gasteiger partial charge on any atom is 0.410 e. The number of ether oxygens (including phenoxy) is 1. The van der Waals surface area contributed by atoms with E-state index in [1.54, 1.807) is 11.8 Å². The molecule has 2 fully saturated rings. The molecule has 2 saturated heterocycles. The van der Waals surface area contributed by atoms with Crippen molar-refractivity contribution in [1.82, 2.24) is 15.5 Å². The van der Waals surface area contributed by atoms with Crippen molar-refractivity contribution in [3.05, 3.63) is 0 Å². The van der Waals surface area contributed by atoms with Crippen molar-refractivity contribution in [2.75, 3.05) is 19.6 Å². The average Bonchev–Trinajstić information content (AvgIpc) is 2.70. The van der Waals surface area contributed by atoms with Crippen LogP contribution in [0.25, 0.3) is 0 Å². The van der Waals surface area contributed by atoms with E-state index in [4.69, 9.17) is 4.74 Å². The molecule has 2 amide bonds. The number of hydrogen-bond donors (Lipinski definition) is 2. The van der Waals surface area contributed by atoms with E-state index in [1.807, 2.05) is 20.8 Å². The fourth-order valence-corrected chi connectivity index (χ4v) is 3.17. The summed E-state index contributed by atoms with van der Waals surface area (Å²) in [5.74, 6) is 0.0186. The van der Waals surface area contributed by atoms with Gasteiger partial charge < -0.3 is 20.3 Å². The van der Waals surface area contributed by atoms with Gasteiger partial charge in [-0.25, -0.2) is 4.79 Å². The zero-order valence-electron chi connectivity index (χ0n) is 13.5. The smallest absolute Gasteiger partial charge is 0.410 e. The van der Waals surface area contributed by atoms with Gasteiger partial charge in [-0.2, -0.15) is 0 Å². The Labute approximate surface area is 126 Å². The summed E-state index contributed by atoms with van der Waals surface area (Å²) >= 11 is 0. The third-order valence-electron chi connectivity index (χ3n) is 4.14. The largest absolute Gasteiger partial charge is 0.444 e. The lowest BCUT2D eigenvalue weighted by Crippen LogP contribution is -2.52. The summed E-state index contributed by atoms with van der Waals surface area (Å²) in [7, 11) is 0. The van der Waals surface area contributed by atoms with Gasteiger partial charge in [0.1, 0.15) is 5.60 Å². The van der Waals surface area contributed by atoms with Gasteiger partial charge in [-0.05, 0) is 40.0 Å². The number of piperidine rings is 1. The Morgan fingerprint density at radius 3 is 2.43 bits per heavy atom. The van der Waals surface area contributed by atoms with Crippen LogP contribution in [0.3, 0.4) is 0 Å². The second kappa shape index (κ2) is 5.83. The van der Waals surface area contributed by atoms with E-state index in [0.717, 1.165) is 25.8 Å². The number of likely N-dealkylation sites (tertiary alicyclic amines) is 1. The molecule has 1 atom stereocenters. The molecule has 2 aliphatic heterocycles. The van der Waals surface area contributed by atoms with Gasteiger partial charge in [0.05, 0.1) is 0 Å². The van der Waals surface area contributed by atoms with Gasteiger partial charge in [0.2, 0.25) is 5.91 Å². The molecule has 6 heteroatoms. The Kier molecular flexibility index (Phi) is 4.46. The molecule has 1 spiro atoms. The van der Waals surface area contributed by atoms with Gasteiger partial charge in [0.15, 0.2) is 0 Å². The highest BCUT2D eigenvalue weighted by Gasteiger charge is 2.42.